The molecule has 4 saturated carbocycles. The third-order valence-electron chi connectivity index (χ3n) is 15.3. The number of aliphatic hydroxyl groups excluding tert-OH is 3. The van der Waals surface area contributed by atoms with Gasteiger partial charge in [-0.2, -0.15) is 11.8 Å². The molecule has 2 heterocycles. The first-order valence-electron chi connectivity index (χ1n) is 21.9. The summed E-state index contributed by atoms with van der Waals surface area (Å²) in [5, 5.41) is 46.0. The zero-order chi connectivity index (χ0) is 39.9. The Balaban J connectivity index is 0.749. The van der Waals surface area contributed by atoms with Crippen LogP contribution in [0.5, 0.6) is 0 Å². The predicted octanol–water partition coefficient (Wildman–Crippen LogP) is 3.37. The van der Waals surface area contributed by atoms with Gasteiger partial charge in [0, 0.05) is 36.9 Å². The number of carbonyl (C=O) groups is 3. The fourth-order valence-electron chi connectivity index (χ4n) is 12.2. The lowest BCUT2D eigenvalue weighted by Gasteiger charge is -2.63. The Kier molecular flexibility index (Phi) is 15.7. The zero-order valence-corrected chi connectivity index (χ0v) is 35.0. The van der Waals surface area contributed by atoms with E-state index in [1.165, 1.54) is 0 Å². The largest absolute Gasteiger partial charge is 0.393 e. The van der Waals surface area contributed by atoms with Gasteiger partial charge in [0.2, 0.25) is 11.8 Å². The van der Waals surface area contributed by atoms with Gasteiger partial charge in [-0.1, -0.05) is 27.2 Å². The first kappa shape index (κ1) is 43.9. The van der Waals surface area contributed by atoms with Crippen molar-refractivity contribution in [2.75, 3.05) is 58.5 Å². The number of amides is 4. The highest BCUT2D eigenvalue weighted by molar-refractivity contribution is 8.00. The van der Waals surface area contributed by atoms with Gasteiger partial charge in [-0.05, 0) is 111 Å². The average Bonchev–Trinajstić information content (AvgIpc) is 3.84. The molecule has 6 rings (SSSR count). The van der Waals surface area contributed by atoms with Crippen molar-refractivity contribution in [1.29, 1.82) is 0 Å². The van der Waals surface area contributed by atoms with Crippen LogP contribution >= 0.6 is 11.8 Å². The van der Waals surface area contributed by atoms with Crippen LogP contribution < -0.4 is 21.3 Å². The Morgan fingerprint density at radius 2 is 1.54 bits per heavy atom. The number of fused-ring (bicyclic) bond motifs is 6. The van der Waals surface area contributed by atoms with Crippen LogP contribution in [0.15, 0.2) is 0 Å². The Morgan fingerprint density at radius 3 is 2.25 bits per heavy atom. The van der Waals surface area contributed by atoms with Crippen molar-refractivity contribution < 1.29 is 43.9 Å². The molecule has 2 saturated heterocycles. The van der Waals surface area contributed by atoms with E-state index in [4.69, 9.17) is 14.2 Å². The van der Waals surface area contributed by atoms with Crippen LogP contribution in [0.4, 0.5) is 4.79 Å². The minimum atomic E-state index is -0.417. The summed E-state index contributed by atoms with van der Waals surface area (Å²) in [5.41, 5.74) is -0.190. The van der Waals surface area contributed by atoms with E-state index in [0.29, 0.717) is 88.6 Å². The monoisotopic (exact) mass is 809 g/mol. The van der Waals surface area contributed by atoms with E-state index in [2.05, 4.69) is 42.0 Å². The lowest BCUT2D eigenvalue weighted by Crippen LogP contribution is -2.62. The molecule has 0 bridgehead atoms. The van der Waals surface area contributed by atoms with E-state index in [-0.39, 0.29) is 70.7 Å². The van der Waals surface area contributed by atoms with E-state index < -0.39 is 6.10 Å². The van der Waals surface area contributed by atoms with Gasteiger partial charge in [0.1, 0.15) is 0 Å². The van der Waals surface area contributed by atoms with Gasteiger partial charge >= 0.3 is 6.03 Å². The number of aliphatic hydroxyl groups is 3. The Labute approximate surface area is 338 Å². The van der Waals surface area contributed by atoms with Gasteiger partial charge < -0.3 is 50.8 Å². The molecule has 4 amide bonds. The molecule has 6 fully saturated rings. The van der Waals surface area contributed by atoms with Crippen molar-refractivity contribution in [2.24, 2.45) is 46.3 Å². The van der Waals surface area contributed by atoms with Crippen LogP contribution in [0, 0.1) is 46.3 Å². The van der Waals surface area contributed by atoms with Gasteiger partial charge in [-0.3, -0.25) is 9.59 Å². The molecule has 320 valence electrons. The van der Waals surface area contributed by atoms with Crippen molar-refractivity contribution in [3.63, 3.8) is 0 Å². The molecule has 4 aliphatic carbocycles. The number of thioether (sulfide) groups is 1. The molecule has 0 unspecified atom stereocenters. The van der Waals surface area contributed by atoms with E-state index in [9.17, 15) is 29.7 Å². The van der Waals surface area contributed by atoms with Gasteiger partial charge in [-0.15, -0.1) is 0 Å². The van der Waals surface area contributed by atoms with Gasteiger partial charge in [-0.25, -0.2) is 4.79 Å². The highest BCUT2D eigenvalue weighted by atomic mass is 32.2. The molecule has 14 heteroatoms. The molecule has 13 nitrogen and oxygen atoms in total. The molecule has 14 atom stereocenters. The summed E-state index contributed by atoms with van der Waals surface area (Å²) in [4.78, 5) is 36.4. The Morgan fingerprint density at radius 1 is 0.857 bits per heavy atom. The van der Waals surface area contributed by atoms with Gasteiger partial charge in [0.05, 0.1) is 70.0 Å². The lowest BCUT2D eigenvalue weighted by atomic mass is 9.43. The van der Waals surface area contributed by atoms with Crippen LogP contribution in [-0.4, -0.2) is 127 Å². The predicted molar refractivity (Wildman–Crippen MR) is 215 cm³/mol. The number of nitrogens with one attached hydrogen (secondary N) is 4. The van der Waals surface area contributed by atoms with Crippen molar-refractivity contribution >= 4 is 29.6 Å². The lowest BCUT2D eigenvalue weighted by molar-refractivity contribution is -0.207. The summed E-state index contributed by atoms with van der Waals surface area (Å²) in [6.45, 7) is 10.4. The SMILES string of the molecule is C[C@H](CCC(=O)NCCOCCOCCOCCNC(=O)CCCC[C@@H]1SC[C@@H]2NC(=O)N[C@@H]21)[C@H]1CC[C@H]2[C@@H]3[C@H](O)C[C@@H]4C[C@H](O)CC[C@]4(C)[C@H]3C[C@H](O)[C@]12C. The van der Waals surface area contributed by atoms with Crippen LogP contribution in [0.2, 0.25) is 0 Å². The number of unbranched alkanes of at least 4 members (excludes halogenated alkanes) is 1. The molecule has 0 aromatic heterocycles. The van der Waals surface area contributed by atoms with Crippen LogP contribution in [0.3, 0.4) is 0 Å². The highest BCUT2D eigenvalue weighted by Gasteiger charge is 2.65. The highest BCUT2D eigenvalue weighted by Crippen LogP contribution is 2.68. The summed E-state index contributed by atoms with van der Waals surface area (Å²) in [6, 6.07) is 0.387. The van der Waals surface area contributed by atoms with Gasteiger partial charge in [0.25, 0.3) is 0 Å². The minimum Gasteiger partial charge on any atom is -0.393 e. The van der Waals surface area contributed by atoms with Crippen molar-refractivity contribution in [1.82, 2.24) is 21.3 Å². The van der Waals surface area contributed by atoms with E-state index >= 15 is 0 Å². The molecule has 0 aromatic carbocycles. The van der Waals surface area contributed by atoms with Crippen molar-refractivity contribution in [2.45, 2.75) is 140 Å². The first-order chi connectivity index (χ1) is 26.9. The maximum Gasteiger partial charge on any atom is 0.315 e. The minimum absolute atomic E-state index is 0.0193. The van der Waals surface area contributed by atoms with Crippen molar-refractivity contribution in [3.8, 4) is 0 Å². The maximum atomic E-state index is 12.7. The van der Waals surface area contributed by atoms with E-state index in [0.717, 1.165) is 76.4 Å². The molecule has 0 aromatic rings. The fraction of sp³-hybridized carbons (Fsp3) is 0.929. The Bertz CT molecular complexity index is 1310. The summed E-state index contributed by atoms with van der Waals surface area (Å²) in [5.74, 6) is 2.70. The third-order valence-corrected chi connectivity index (χ3v) is 16.8. The molecule has 0 radical (unpaired) electrons. The summed E-state index contributed by atoms with van der Waals surface area (Å²) >= 11 is 1.90. The molecular formula is C42H72N4O9S. The number of urea groups is 1. The number of rotatable bonds is 21. The van der Waals surface area contributed by atoms with E-state index in [1.807, 2.05) is 11.8 Å². The smallest absolute Gasteiger partial charge is 0.315 e. The second-order valence-corrected chi connectivity index (χ2v) is 19.7. The molecular weight excluding hydrogens is 737 g/mol. The third kappa shape index (κ3) is 10.2. The van der Waals surface area contributed by atoms with Crippen molar-refractivity contribution in [3.05, 3.63) is 0 Å². The number of carbonyl (C=O) groups excluding carboxylic acids is 3. The van der Waals surface area contributed by atoms with Crippen LogP contribution in [0.1, 0.15) is 104 Å². The first-order valence-corrected chi connectivity index (χ1v) is 23.0. The average molecular weight is 809 g/mol. The number of hydrogen-bond acceptors (Lipinski definition) is 10. The summed E-state index contributed by atoms with van der Waals surface area (Å²) in [7, 11) is 0. The molecule has 56 heavy (non-hydrogen) atoms. The fourth-order valence-corrected chi connectivity index (χ4v) is 13.8. The van der Waals surface area contributed by atoms with Crippen LogP contribution in [0.25, 0.3) is 0 Å². The topological polar surface area (TPSA) is 188 Å². The molecule has 6 aliphatic rings. The molecule has 7 N–H and O–H groups in total. The second-order valence-electron chi connectivity index (χ2n) is 18.4. The number of hydrogen-bond donors (Lipinski definition) is 7. The molecule has 2 aliphatic heterocycles. The van der Waals surface area contributed by atoms with Crippen LogP contribution in [-0.2, 0) is 23.8 Å². The van der Waals surface area contributed by atoms with Gasteiger partial charge in [0.15, 0.2) is 0 Å². The zero-order valence-electron chi connectivity index (χ0n) is 34.2. The quantitative estimate of drug-likeness (QED) is 0.0670. The summed E-state index contributed by atoms with van der Waals surface area (Å²) in [6.07, 6.45) is 9.56. The number of ether oxygens (including phenoxy) is 3. The normalized spacial score (nSPS) is 39.1. The van der Waals surface area contributed by atoms with E-state index in [1.54, 1.807) is 0 Å². The summed E-state index contributed by atoms with van der Waals surface area (Å²) < 4.78 is 16.8. The molecule has 0 spiro atoms. The second kappa shape index (κ2) is 20.1. The Hall–Kier alpha value is -1.68. The standard InChI is InChI=1S/C42H72N4O9S/c1-26(29-9-10-30-38-31(24-35(49)42(29,30)3)41(2)13-12-28(47)22-27(41)23-33(38)48)8-11-37(51)44-15-17-54-19-21-55-20-18-53-16-14-43-36(50)7-5-4-6-34-39-32(25-56-34)45-40(52)46-39/h26-35,38-39,47-49H,4-25H2,1-3H3,(H,43,50)(H,44,51)(H2,45,46,52)/t26-,27+,28-,29-,30+,31+,32+,33-,34+,35+,38+,39+,41+,42-/m1/s1. The maximum absolute atomic E-state index is 12.7.